The zero-order chi connectivity index (χ0) is 3.54. The van der Waals surface area contributed by atoms with Crippen molar-refractivity contribution in [1.82, 2.24) is 4.98 Å². The summed E-state index contributed by atoms with van der Waals surface area (Å²) in [5.41, 5.74) is 0. The van der Waals surface area contributed by atoms with E-state index in [1.54, 1.807) is 6.20 Å². The van der Waals surface area contributed by atoms with Crippen LogP contribution >= 0.6 is 0 Å². The van der Waals surface area contributed by atoms with Gasteiger partial charge in [-0.15, -0.1) is 0 Å². The Balaban J connectivity index is 0.000000250. The van der Waals surface area contributed by atoms with E-state index in [2.05, 4.69) is 9.40 Å². The molecule has 3 radical (unpaired) electrons. The normalized spacial score (nSPS) is 6.67. The van der Waals surface area contributed by atoms with Crippen molar-refractivity contribution in [3.63, 3.8) is 0 Å². The van der Waals surface area contributed by atoms with Crippen LogP contribution < -0.4 is 0 Å². The second-order valence-corrected chi connectivity index (χ2v) is 0.676. The Hall–Kier alpha value is -0.725. The minimum absolute atomic E-state index is 0. The van der Waals surface area contributed by atoms with E-state index in [1.807, 2.05) is 0 Å². The summed E-state index contributed by atoms with van der Waals surface area (Å²) in [6.07, 6.45) is 4.47. The Labute approximate surface area is 37.8 Å². The SMILES string of the molecule is [B].c1cocn1. The smallest absolute Gasteiger partial charge is 0.180 e. The van der Waals surface area contributed by atoms with Crippen LogP contribution in [0.1, 0.15) is 0 Å². The van der Waals surface area contributed by atoms with E-state index in [0.717, 1.165) is 0 Å². The molecule has 0 aromatic carbocycles. The molecule has 0 aliphatic heterocycles. The van der Waals surface area contributed by atoms with Gasteiger partial charge in [0, 0.05) is 8.41 Å². The molecule has 2 nitrogen and oxygen atoms in total. The lowest BCUT2D eigenvalue weighted by atomic mass is 10.8. The highest BCUT2D eigenvalue weighted by atomic mass is 16.3. The molecule has 0 saturated carbocycles. The fraction of sp³-hybridized carbons (Fsp3) is 0. The van der Waals surface area contributed by atoms with Gasteiger partial charge in [-0.25, -0.2) is 4.98 Å². The largest absolute Gasteiger partial charge is 0.452 e. The summed E-state index contributed by atoms with van der Waals surface area (Å²) in [5, 5.41) is 0. The highest BCUT2D eigenvalue weighted by molar-refractivity contribution is 5.75. The Bertz CT molecular complexity index is 67.3. The Kier molecular flexibility index (Phi) is 2.21. The number of aromatic nitrogens is 1. The predicted octanol–water partition coefficient (Wildman–Crippen LogP) is 0.294. The lowest BCUT2D eigenvalue weighted by Crippen LogP contribution is -1.38. The van der Waals surface area contributed by atoms with E-state index in [0.29, 0.717) is 0 Å². The van der Waals surface area contributed by atoms with Crippen LogP contribution in [0.2, 0.25) is 0 Å². The molecular formula is C3H3BNO. The molecule has 0 unspecified atom stereocenters. The van der Waals surface area contributed by atoms with Crippen LogP contribution in [-0.2, 0) is 0 Å². The average Bonchev–Trinajstić information content (AvgIpc) is 1.76. The minimum atomic E-state index is 0. The third-order valence-electron chi connectivity index (χ3n) is 0.347. The van der Waals surface area contributed by atoms with Crippen LogP contribution in [0.3, 0.4) is 0 Å². The molecule has 0 atom stereocenters. The van der Waals surface area contributed by atoms with Gasteiger partial charge in [-0.05, 0) is 0 Å². The highest BCUT2D eigenvalue weighted by Gasteiger charge is 1.59. The molecule has 0 saturated heterocycles. The first-order valence-corrected chi connectivity index (χ1v) is 1.32. The van der Waals surface area contributed by atoms with Gasteiger partial charge in [0.25, 0.3) is 0 Å². The molecule has 1 heterocycles. The molecule has 6 heavy (non-hydrogen) atoms. The van der Waals surface area contributed by atoms with E-state index in [-0.39, 0.29) is 8.41 Å². The fourth-order valence-electron chi connectivity index (χ4n) is 0.176. The predicted molar refractivity (Wildman–Crippen MR) is 22.3 cm³/mol. The number of hydrogen-bond donors (Lipinski definition) is 0. The molecule has 1 aromatic rings. The monoisotopic (exact) mass is 80.0 g/mol. The van der Waals surface area contributed by atoms with E-state index in [1.165, 1.54) is 12.7 Å². The molecule has 1 aromatic heterocycles. The molecule has 1 rings (SSSR count). The maximum atomic E-state index is 4.47. The summed E-state index contributed by atoms with van der Waals surface area (Å²) >= 11 is 0. The Morgan fingerprint density at radius 1 is 1.50 bits per heavy atom. The summed E-state index contributed by atoms with van der Waals surface area (Å²) < 4.78 is 4.47. The Morgan fingerprint density at radius 2 is 2.33 bits per heavy atom. The number of rotatable bonds is 0. The number of nitrogens with zero attached hydrogens (tertiary/aromatic N) is 1. The zero-order valence-corrected chi connectivity index (χ0v) is 3.16. The van der Waals surface area contributed by atoms with Gasteiger partial charge < -0.3 is 4.42 Å². The molecular weight excluding hydrogens is 76.9 g/mol. The Morgan fingerprint density at radius 3 is 2.50 bits per heavy atom. The van der Waals surface area contributed by atoms with Gasteiger partial charge in [-0.2, -0.15) is 0 Å². The molecule has 3 heteroatoms. The van der Waals surface area contributed by atoms with Crippen LogP contribution in [0.25, 0.3) is 0 Å². The van der Waals surface area contributed by atoms with Crippen molar-refractivity contribution in [2.24, 2.45) is 0 Å². The van der Waals surface area contributed by atoms with Gasteiger partial charge in [0.05, 0.1) is 6.20 Å². The zero-order valence-electron chi connectivity index (χ0n) is 3.16. The number of oxazole rings is 1. The van der Waals surface area contributed by atoms with Crippen molar-refractivity contribution in [2.75, 3.05) is 0 Å². The first-order valence-electron chi connectivity index (χ1n) is 1.32. The van der Waals surface area contributed by atoms with Gasteiger partial charge in [0.15, 0.2) is 6.39 Å². The second kappa shape index (κ2) is 2.51. The molecule has 0 aliphatic carbocycles. The van der Waals surface area contributed by atoms with Crippen molar-refractivity contribution in [2.45, 2.75) is 0 Å². The molecule has 0 spiro atoms. The van der Waals surface area contributed by atoms with Crippen molar-refractivity contribution < 1.29 is 4.42 Å². The summed E-state index contributed by atoms with van der Waals surface area (Å²) in [5.74, 6) is 0. The summed E-state index contributed by atoms with van der Waals surface area (Å²) in [6, 6.07) is 0. The molecule has 0 amide bonds. The summed E-state index contributed by atoms with van der Waals surface area (Å²) in [7, 11) is 0. The van der Waals surface area contributed by atoms with Gasteiger partial charge in [-0.3, -0.25) is 0 Å². The average molecular weight is 79.9 g/mol. The first-order chi connectivity index (χ1) is 2.50. The third kappa shape index (κ3) is 0.927. The van der Waals surface area contributed by atoms with Crippen LogP contribution in [0, 0.1) is 0 Å². The summed E-state index contributed by atoms with van der Waals surface area (Å²) in [6.45, 7) is 0. The van der Waals surface area contributed by atoms with Gasteiger partial charge in [0.2, 0.25) is 0 Å². The van der Waals surface area contributed by atoms with Gasteiger partial charge >= 0.3 is 0 Å². The standard InChI is InChI=1S/C3H3NO.B/c1-2-5-3-4-1;/h1-3H;. The molecule has 0 bridgehead atoms. The number of hydrogen-bond acceptors (Lipinski definition) is 2. The van der Waals surface area contributed by atoms with Gasteiger partial charge in [-0.1, -0.05) is 0 Å². The van der Waals surface area contributed by atoms with Crippen LogP contribution in [0.15, 0.2) is 23.3 Å². The van der Waals surface area contributed by atoms with E-state index >= 15 is 0 Å². The molecule has 29 valence electrons. The maximum absolute atomic E-state index is 4.47. The van der Waals surface area contributed by atoms with Crippen LogP contribution in [0.5, 0.6) is 0 Å². The van der Waals surface area contributed by atoms with E-state index in [4.69, 9.17) is 0 Å². The fourth-order valence-corrected chi connectivity index (χ4v) is 0.176. The third-order valence-corrected chi connectivity index (χ3v) is 0.347. The van der Waals surface area contributed by atoms with Crippen molar-refractivity contribution >= 4 is 8.41 Å². The lowest BCUT2D eigenvalue weighted by Gasteiger charge is -1.47. The lowest BCUT2D eigenvalue weighted by molar-refractivity contribution is 0.558. The quantitative estimate of drug-likeness (QED) is 0.418. The first kappa shape index (κ1) is 5.27. The van der Waals surface area contributed by atoms with E-state index < -0.39 is 0 Å². The van der Waals surface area contributed by atoms with Crippen molar-refractivity contribution in [3.8, 4) is 0 Å². The molecule has 0 fully saturated rings. The second-order valence-electron chi connectivity index (χ2n) is 0.676. The molecule has 0 N–H and O–H groups in total. The topological polar surface area (TPSA) is 26.0 Å². The maximum Gasteiger partial charge on any atom is 0.180 e. The minimum Gasteiger partial charge on any atom is -0.452 e. The van der Waals surface area contributed by atoms with Crippen molar-refractivity contribution in [1.29, 1.82) is 0 Å². The van der Waals surface area contributed by atoms with Gasteiger partial charge in [0.1, 0.15) is 6.26 Å². The highest BCUT2D eigenvalue weighted by Crippen LogP contribution is 1.72. The van der Waals surface area contributed by atoms with Crippen molar-refractivity contribution in [3.05, 3.63) is 18.9 Å². The summed E-state index contributed by atoms with van der Waals surface area (Å²) in [4.78, 5) is 3.56. The molecule has 0 aliphatic rings. The van der Waals surface area contributed by atoms with E-state index in [9.17, 15) is 0 Å². The van der Waals surface area contributed by atoms with Crippen LogP contribution in [-0.4, -0.2) is 13.4 Å². The van der Waals surface area contributed by atoms with Crippen LogP contribution in [0.4, 0.5) is 0 Å².